The first kappa shape index (κ1) is 8.69. The summed E-state index contributed by atoms with van der Waals surface area (Å²) in [6.07, 6.45) is 1.49. The van der Waals surface area contributed by atoms with Crippen LogP contribution < -0.4 is 0 Å². The van der Waals surface area contributed by atoms with Crippen molar-refractivity contribution >= 4 is 12.2 Å². The zero-order valence-corrected chi connectivity index (χ0v) is 6.49. The van der Waals surface area contributed by atoms with E-state index in [-0.39, 0.29) is 17.1 Å². The average Bonchev–Trinajstić information content (AvgIpc) is 1.77. The van der Waals surface area contributed by atoms with Crippen molar-refractivity contribution in [1.29, 1.82) is 0 Å². The third-order valence-electron chi connectivity index (χ3n) is 0.803. The molecule has 1 radical (unpaired) electrons. The molecule has 4 heteroatoms. The van der Waals surface area contributed by atoms with Crippen molar-refractivity contribution in [3.63, 3.8) is 0 Å². The van der Waals surface area contributed by atoms with E-state index >= 15 is 0 Å². The van der Waals surface area contributed by atoms with E-state index in [2.05, 4.69) is 12.2 Å². The van der Waals surface area contributed by atoms with Crippen molar-refractivity contribution in [2.75, 3.05) is 0 Å². The molecular formula is C5H5MnNOS+2. The van der Waals surface area contributed by atoms with E-state index in [1.165, 1.54) is 6.20 Å². The van der Waals surface area contributed by atoms with Gasteiger partial charge in [0.1, 0.15) is 4.64 Å². The maximum absolute atomic E-state index is 8.73. The number of hydrogen-bond donors (Lipinski definition) is 1. The first-order valence-electron chi connectivity index (χ1n) is 2.17. The molecule has 0 aromatic carbocycles. The van der Waals surface area contributed by atoms with Gasteiger partial charge in [-0.3, -0.25) is 0 Å². The SMILES string of the molecule is On1ccccc1=S.[Mn+2]. The zero-order valence-electron chi connectivity index (χ0n) is 4.49. The molecule has 0 spiro atoms. The minimum absolute atomic E-state index is 0. The second-order valence-corrected chi connectivity index (χ2v) is 1.80. The van der Waals surface area contributed by atoms with E-state index in [0.29, 0.717) is 4.64 Å². The molecule has 2 nitrogen and oxygen atoms in total. The van der Waals surface area contributed by atoms with Crippen LogP contribution in [0.4, 0.5) is 0 Å². The van der Waals surface area contributed by atoms with Crippen molar-refractivity contribution in [3.8, 4) is 0 Å². The van der Waals surface area contributed by atoms with Gasteiger partial charge >= 0.3 is 17.1 Å². The van der Waals surface area contributed by atoms with Gasteiger partial charge in [0.25, 0.3) is 0 Å². The van der Waals surface area contributed by atoms with Crippen LogP contribution in [0.3, 0.4) is 0 Å². The summed E-state index contributed by atoms with van der Waals surface area (Å²) in [4.78, 5) is 0. The van der Waals surface area contributed by atoms with Gasteiger partial charge in [-0.25, -0.2) is 0 Å². The number of hydrogen-bond acceptors (Lipinski definition) is 2. The van der Waals surface area contributed by atoms with E-state index in [9.17, 15) is 0 Å². The Morgan fingerprint density at radius 3 is 2.44 bits per heavy atom. The van der Waals surface area contributed by atoms with Crippen molar-refractivity contribution in [3.05, 3.63) is 29.0 Å². The number of rotatable bonds is 0. The standard InChI is InChI=1S/C5H5NOS.Mn/c7-6-4-2-1-3-5(6)8;/h1-4,7H;/q;+2. The third-order valence-corrected chi connectivity index (χ3v) is 1.13. The average molecular weight is 182 g/mol. The van der Waals surface area contributed by atoms with Gasteiger partial charge in [0.2, 0.25) is 0 Å². The minimum atomic E-state index is 0. The Labute approximate surface area is 68.6 Å². The topological polar surface area (TPSA) is 25.2 Å². The molecule has 1 heterocycles. The van der Waals surface area contributed by atoms with Crippen LogP contribution in [0.2, 0.25) is 0 Å². The Morgan fingerprint density at radius 1 is 1.44 bits per heavy atom. The van der Waals surface area contributed by atoms with E-state index in [1.807, 2.05) is 0 Å². The molecule has 0 amide bonds. The number of aromatic nitrogens is 1. The van der Waals surface area contributed by atoms with Gasteiger partial charge in [0, 0.05) is 6.20 Å². The molecule has 0 unspecified atom stereocenters. The molecule has 0 bridgehead atoms. The van der Waals surface area contributed by atoms with Crippen molar-refractivity contribution < 1.29 is 22.3 Å². The van der Waals surface area contributed by atoms with Crippen LogP contribution in [0.5, 0.6) is 0 Å². The van der Waals surface area contributed by atoms with Gasteiger partial charge < -0.3 is 5.21 Å². The largest absolute Gasteiger partial charge is 2.00 e. The monoisotopic (exact) mass is 182 g/mol. The summed E-state index contributed by atoms with van der Waals surface area (Å²) in [5, 5.41) is 8.73. The fourth-order valence-corrected chi connectivity index (χ4v) is 0.558. The van der Waals surface area contributed by atoms with E-state index in [4.69, 9.17) is 5.21 Å². The Hall–Kier alpha value is -0.311. The smallest absolute Gasteiger partial charge is 0.428 e. The summed E-state index contributed by atoms with van der Waals surface area (Å²) in [5.41, 5.74) is 0. The molecule has 0 saturated heterocycles. The molecule has 0 aliphatic carbocycles. The summed E-state index contributed by atoms with van der Waals surface area (Å²) < 4.78 is 1.32. The zero-order chi connectivity index (χ0) is 5.98. The summed E-state index contributed by atoms with van der Waals surface area (Å²) in [7, 11) is 0. The molecule has 0 atom stereocenters. The van der Waals surface area contributed by atoms with Gasteiger partial charge in [0.05, 0.1) is 0 Å². The summed E-state index contributed by atoms with van der Waals surface area (Å²) in [5.74, 6) is 0. The number of nitrogens with zero attached hydrogens (tertiary/aromatic N) is 1. The fraction of sp³-hybridized carbons (Fsp3) is 0. The predicted molar refractivity (Wildman–Crippen MR) is 32.5 cm³/mol. The molecule has 0 fully saturated rings. The van der Waals surface area contributed by atoms with Gasteiger partial charge in [-0.1, -0.05) is 18.3 Å². The molecule has 9 heavy (non-hydrogen) atoms. The Morgan fingerprint density at radius 2 is 2.11 bits per heavy atom. The van der Waals surface area contributed by atoms with Crippen LogP contribution >= 0.6 is 12.2 Å². The molecule has 0 aliphatic heterocycles. The van der Waals surface area contributed by atoms with E-state index in [0.717, 1.165) is 4.73 Å². The molecule has 1 rings (SSSR count). The van der Waals surface area contributed by atoms with Gasteiger partial charge in [0.15, 0.2) is 0 Å². The molecule has 47 valence electrons. The van der Waals surface area contributed by atoms with E-state index in [1.54, 1.807) is 18.2 Å². The van der Waals surface area contributed by atoms with Crippen LogP contribution in [0.1, 0.15) is 0 Å². The molecule has 0 aliphatic rings. The first-order valence-corrected chi connectivity index (χ1v) is 2.58. The van der Waals surface area contributed by atoms with Crippen LogP contribution in [0, 0.1) is 4.64 Å². The normalized spacial score (nSPS) is 8.00. The van der Waals surface area contributed by atoms with Gasteiger partial charge in [-0.15, -0.1) is 0 Å². The van der Waals surface area contributed by atoms with Gasteiger partial charge in [-0.2, -0.15) is 4.73 Å². The summed E-state index contributed by atoms with van der Waals surface area (Å²) >= 11 is 4.67. The quantitative estimate of drug-likeness (QED) is 0.373. The molecule has 1 aromatic rings. The second kappa shape index (κ2) is 3.67. The van der Waals surface area contributed by atoms with Crippen molar-refractivity contribution in [2.45, 2.75) is 0 Å². The Bertz CT molecular complexity index is 234. The molecular weight excluding hydrogens is 177 g/mol. The molecule has 1 N–H and O–H groups in total. The van der Waals surface area contributed by atoms with Crippen molar-refractivity contribution in [1.82, 2.24) is 4.73 Å². The van der Waals surface area contributed by atoms with Crippen LogP contribution in [-0.2, 0) is 17.1 Å². The summed E-state index contributed by atoms with van der Waals surface area (Å²) in [6.45, 7) is 0. The second-order valence-electron chi connectivity index (χ2n) is 1.38. The molecule has 0 saturated carbocycles. The first-order chi connectivity index (χ1) is 3.80. The fourth-order valence-electron chi connectivity index (χ4n) is 0.419. The summed E-state index contributed by atoms with van der Waals surface area (Å²) in [6, 6.07) is 5.13. The van der Waals surface area contributed by atoms with E-state index < -0.39 is 0 Å². The maximum atomic E-state index is 8.73. The maximum Gasteiger partial charge on any atom is 2.00 e. The predicted octanol–water partition coefficient (Wildman–Crippen LogP) is 1.45. The van der Waals surface area contributed by atoms with Gasteiger partial charge in [-0.05, 0) is 12.1 Å². The van der Waals surface area contributed by atoms with Crippen molar-refractivity contribution in [2.24, 2.45) is 0 Å². The minimum Gasteiger partial charge on any atom is -0.428 e. The molecule has 1 aromatic heterocycles. The van der Waals surface area contributed by atoms with Crippen LogP contribution in [0.15, 0.2) is 24.4 Å². The Balaban J connectivity index is 0.000000640. The Kier molecular flexibility index (Phi) is 3.54. The van der Waals surface area contributed by atoms with Crippen LogP contribution in [-0.4, -0.2) is 9.94 Å². The van der Waals surface area contributed by atoms with Crippen LogP contribution in [0.25, 0.3) is 0 Å². The third kappa shape index (κ3) is 2.18. The number of pyridine rings is 1.